The molecule has 2 aliphatic rings. The molecule has 3 aromatic heterocycles. The molecule has 0 spiro atoms. The molecule has 170 valence electrons. The maximum Gasteiger partial charge on any atom is 0.405 e. The molecule has 1 amide bonds. The summed E-state index contributed by atoms with van der Waals surface area (Å²) < 4.78 is 1.79. The van der Waals surface area contributed by atoms with Crippen molar-refractivity contribution in [3.05, 3.63) is 36.4 Å². The van der Waals surface area contributed by atoms with E-state index in [4.69, 9.17) is 5.11 Å². The van der Waals surface area contributed by atoms with Crippen LogP contribution in [0.25, 0.3) is 5.52 Å². The first-order valence-electron chi connectivity index (χ1n) is 11.0. The molecule has 0 radical (unpaired) electrons. The first-order chi connectivity index (χ1) is 15.0. The zero-order valence-electron chi connectivity index (χ0n) is 19.0. The summed E-state index contributed by atoms with van der Waals surface area (Å²) in [4.78, 5) is 14.2. The summed E-state index contributed by atoms with van der Waals surface area (Å²) in [5, 5.41) is 24.7. The molecule has 0 unspecified atom stereocenters. The number of amides is 1. The van der Waals surface area contributed by atoms with Crippen LogP contribution in [-0.4, -0.2) is 41.5 Å². The van der Waals surface area contributed by atoms with Crippen molar-refractivity contribution in [2.45, 2.75) is 78.2 Å². The Hall–Kier alpha value is -3.10. The van der Waals surface area contributed by atoms with Crippen LogP contribution in [0.1, 0.15) is 71.4 Å². The number of H-pyrrole nitrogens is 1. The molecule has 0 aliphatic heterocycles. The van der Waals surface area contributed by atoms with E-state index in [1.165, 1.54) is 32.1 Å². The lowest BCUT2D eigenvalue weighted by Crippen LogP contribution is -2.32. The van der Waals surface area contributed by atoms with E-state index in [9.17, 15) is 4.79 Å². The largest absolute Gasteiger partial charge is 0.465 e. The number of aromatic nitrogens is 5. The monoisotopic (exact) mass is 429 g/mol. The second-order valence-electron chi connectivity index (χ2n) is 7.75. The minimum Gasteiger partial charge on any atom is -0.465 e. The zero-order valence-corrected chi connectivity index (χ0v) is 19.0. The fraction of sp³-hybridized carbons (Fsp3) is 0.545. The Labute approximate surface area is 183 Å². The summed E-state index contributed by atoms with van der Waals surface area (Å²) in [5.41, 5.74) is 1.82. The van der Waals surface area contributed by atoms with Gasteiger partial charge in [0.05, 0.1) is 11.9 Å². The maximum absolute atomic E-state index is 9.94. The number of nitrogens with one attached hydrogen (secondary N) is 3. The Morgan fingerprint density at radius 1 is 1.16 bits per heavy atom. The van der Waals surface area contributed by atoms with Gasteiger partial charge in [-0.15, -0.1) is 0 Å². The second-order valence-corrected chi connectivity index (χ2v) is 7.75. The standard InChI is InChI=1S/C10H10N6.C5H9NO2.C5H10.C2H6/c1-7-6-8-10(11-4-5-16(8)15-7)13-9-2-3-12-14-9;1-5(2-3-5)6-4(7)8;1-2-4-5-3-1;1-2/h2-6H,1H3,(H2,11,12,13,14);6H,2-3H2,1H3,(H,7,8);1-5H2;1-2H3. The maximum atomic E-state index is 9.94. The van der Waals surface area contributed by atoms with E-state index in [0.29, 0.717) is 0 Å². The predicted molar refractivity (Wildman–Crippen MR) is 123 cm³/mol. The first kappa shape index (κ1) is 24.2. The summed E-state index contributed by atoms with van der Waals surface area (Å²) in [6, 6.07) is 3.82. The molecule has 0 atom stereocenters. The number of aromatic amines is 1. The fourth-order valence-electron chi connectivity index (χ4n) is 3.05. The molecule has 2 aliphatic carbocycles. The van der Waals surface area contributed by atoms with Crippen molar-refractivity contribution in [2.75, 3.05) is 5.32 Å². The summed E-state index contributed by atoms with van der Waals surface area (Å²) in [7, 11) is 0. The van der Waals surface area contributed by atoms with Gasteiger partial charge in [0.25, 0.3) is 0 Å². The number of anilines is 2. The molecule has 0 bridgehead atoms. The van der Waals surface area contributed by atoms with Crippen molar-refractivity contribution in [1.82, 2.24) is 30.1 Å². The SMILES string of the molecule is C1CCCC1.CC.CC1(NC(=O)O)CC1.Cc1cc2c(Nc3ccn[nH]3)nccn2n1. The number of nitrogens with zero attached hydrogens (tertiary/aromatic N) is 4. The van der Waals surface area contributed by atoms with E-state index in [1.54, 1.807) is 16.9 Å². The Kier molecular flexibility index (Phi) is 9.30. The number of aryl methyl sites for hydroxylation is 1. The number of hydrogen-bond acceptors (Lipinski definition) is 5. The minimum absolute atomic E-state index is 0.0775. The lowest BCUT2D eigenvalue weighted by atomic mass is 10.3. The lowest BCUT2D eigenvalue weighted by Gasteiger charge is -2.04. The van der Waals surface area contributed by atoms with E-state index in [0.717, 1.165) is 35.7 Å². The summed E-state index contributed by atoms with van der Waals surface area (Å²) in [6.07, 6.45) is 13.8. The van der Waals surface area contributed by atoms with Crippen LogP contribution in [0.3, 0.4) is 0 Å². The number of carbonyl (C=O) groups is 1. The Balaban J connectivity index is 0.000000189. The second kappa shape index (κ2) is 11.9. The smallest absolute Gasteiger partial charge is 0.405 e. The van der Waals surface area contributed by atoms with Gasteiger partial charge in [-0.05, 0) is 32.8 Å². The molecular formula is C22H35N7O2. The minimum atomic E-state index is -0.912. The van der Waals surface area contributed by atoms with Crippen LogP contribution in [0, 0.1) is 6.92 Å². The molecular weight excluding hydrogens is 394 g/mol. The molecule has 9 nitrogen and oxygen atoms in total. The van der Waals surface area contributed by atoms with Crippen molar-refractivity contribution in [3.63, 3.8) is 0 Å². The quantitative estimate of drug-likeness (QED) is 0.449. The molecule has 0 saturated heterocycles. The summed E-state index contributed by atoms with van der Waals surface area (Å²) >= 11 is 0. The molecule has 3 aromatic rings. The molecule has 4 N–H and O–H groups in total. The third-order valence-corrected chi connectivity index (χ3v) is 4.92. The van der Waals surface area contributed by atoms with Gasteiger partial charge in [0, 0.05) is 24.0 Å². The fourth-order valence-corrected chi connectivity index (χ4v) is 3.05. The van der Waals surface area contributed by atoms with Crippen LogP contribution in [0.4, 0.5) is 16.4 Å². The summed E-state index contributed by atoms with van der Waals surface area (Å²) in [6.45, 7) is 7.86. The summed E-state index contributed by atoms with van der Waals surface area (Å²) in [5.74, 6) is 1.56. The Morgan fingerprint density at radius 2 is 1.81 bits per heavy atom. The van der Waals surface area contributed by atoms with E-state index in [-0.39, 0.29) is 5.54 Å². The van der Waals surface area contributed by atoms with Crippen LogP contribution < -0.4 is 10.6 Å². The van der Waals surface area contributed by atoms with Crippen molar-refractivity contribution in [2.24, 2.45) is 0 Å². The van der Waals surface area contributed by atoms with E-state index in [1.807, 2.05) is 46.0 Å². The number of carboxylic acid groups (broad SMARTS) is 1. The highest BCUT2D eigenvalue weighted by Crippen LogP contribution is 2.33. The Bertz CT molecular complexity index is 906. The van der Waals surface area contributed by atoms with Gasteiger partial charge in [-0.2, -0.15) is 10.2 Å². The van der Waals surface area contributed by atoms with Crippen LogP contribution in [-0.2, 0) is 0 Å². The topological polar surface area (TPSA) is 120 Å². The zero-order chi connectivity index (χ0) is 22.7. The van der Waals surface area contributed by atoms with Gasteiger partial charge in [0.2, 0.25) is 0 Å². The normalized spacial score (nSPS) is 15.4. The number of rotatable bonds is 3. The third kappa shape index (κ3) is 8.27. The van der Waals surface area contributed by atoms with Gasteiger partial charge in [-0.1, -0.05) is 46.0 Å². The highest BCUT2D eigenvalue weighted by atomic mass is 16.4. The van der Waals surface area contributed by atoms with Crippen molar-refractivity contribution in [3.8, 4) is 0 Å². The van der Waals surface area contributed by atoms with Crippen molar-refractivity contribution in [1.29, 1.82) is 0 Å². The van der Waals surface area contributed by atoms with Crippen LogP contribution in [0.5, 0.6) is 0 Å². The molecule has 0 aromatic carbocycles. The molecule has 9 heteroatoms. The van der Waals surface area contributed by atoms with Crippen LogP contribution in [0.2, 0.25) is 0 Å². The van der Waals surface area contributed by atoms with Crippen molar-refractivity contribution < 1.29 is 9.90 Å². The highest BCUT2D eigenvalue weighted by molar-refractivity contribution is 5.71. The number of fused-ring (bicyclic) bond motifs is 1. The van der Waals surface area contributed by atoms with Crippen LogP contribution in [0.15, 0.2) is 30.7 Å². The lowest BCUT2D eigenvalue weighted by molar-refractivity contribution is 0.189. The first-order valence-corrected chi connectivity index (χ1v) is 11.0. The van der Waals surface area contributed by atoms with E-state index >= 15 is 0 Å². The molecule has 2 saturated carbocycles. The van der Waals surface area contributed by atoms with Gasteiger partial charge in [0.1, 0.15) is 11.3 Å². The highest BCUT2D eigenvalue weighted by Gasteiger charge is 2.38. The van der Waals surface area contributed by atoms with Gasteiger partial charge in [-0.25, -0.2) is 14.3 Å². The average Bonchev–Trinajstić information content (AvgIpc) is 3.27. The molecule has 3 heterocycles. The molecule has 31 heavy (non-hydrogen) atoms. The van der Waals surface area contributed by atoms with E-state index < -0.39 is 6.09 Å². The van der Waals surface area contributed by atoms with Gasteiger partial charge >= 0.3 is 6.09 Å². The van der Waals surface area contributed by atoms with Crippen LogP contribution >= 0.6 is 0 Å². The number of hydrogen-bond donors (Lipinski definition) is 4. The van der Waals surface area contributed by atoms with Crippen molar-refractivity contribution >= 4 is 23.2 Å². The van der Waals surface area contributed by atoms with Gasteiger partial charge < -0.3 is 15.7 Å². The Morgan fingerprint density at radius 3 is 2.29 bits per heavy atom. The molecule has 5 rings (SSSR count). The van der Waals surface area contributed by atoms with Gasteiger partial charge in [-0.3, -0.25) is 5.10 Å². The third-order valence-electron chi connectivity index (χ3n) is 4.92. The average molecular weight is 430 g/mol. The van der Waals surface area contributed by atoms with Gasteiger partial charge in [0.15, 0.2) is 5.82 Å². The predicted octanol–water partition coefficient (Wildman–Crippen LogP) is 5.29. The molecule has 2 fully saturated rings. The van der Waals surface area contributed by atoms with E-state index in [2.05, 4.69) is 30.9 Å².